The molecule has 0 aromatic carbocycles. The van der Waals surface area contributed by atoms with Gasteiger partial charge in [-0.05, 0) is 12.3 Å². The third-order valence-electron chi connectivity index (χ3n) is 3.96. The van der Waals surface area contributed by atoms with Crippen LogP contribution in [-0.2, 0) is 13.1 Å². The van der Waals surface area contributed by atoms with Gasteiger partial charge in [0.2, 0.25) is 0 Å². The second kappa shape index (κ2) is 4.97. The Balaban J connectivity index is 1.89. The maximum atomic E-state index is 9.70. The molecule has 1 aromatic heterocycles. The molecule has 0 bridgehead atoms. The lowest BCUT2D eigenvalue weighted by atomic mass is 9.64. The zero-order chi connectivity index (χ0) is 13.3. The maximum Gasteiger partial charge on any atom is 0.140 e. The summed E-state index contributed by atoms with van der Waals surface area (Å²) in [5.41, 5.74) is -0.0388. The third-order valence-corrected chi connectivity index (χ3v) is 3.96. The molecule has 1 aliphatic rings. The van der Waals surface area contributed by atoms with E-state index in [1.165, 1.54) is 0 Å². The van der Waals surface area contributed by atoms with Gasteiger partial charge in [0.15, 0.2) is 0 Å². The van der Waals surface area contributed by atoms with Crippen LogP contribution >= 0.6 is 0 Å². The van der Waals surface area contributed by atoms with Gasteiger partial charge >= 0.3 is 0 Å². The molecule has 0 amide bonds. The summed E-state index contributed by atoms with van der Waals surface area (Å²) in [6, 6.07) is 0.358. The average Bonchev–Trinajstić information content (AvgIpc) is 2.70. The van der Waals surface area contributed by atoms with Crippen molar-refractivity contribution in [2.45, 2.75) is 59.4 Å². The van der Waals surface area contributed by atoms with Crippen LogP contribution in [0.1, 0.15) is 39.9 Å². The molecule has 0 radical (unpaired) electrons. The molecule has 0 saturated heterocycles. The fourth-order valence-corrected chi connectivity index (χ4v) is 2.39. The summed E-state index contributed by atoms with van der Waals surface area (Å²) in [6.07, 6.45) is 2.24. The first-order valence-electron chi connectivity index (χ1n) is 6.69. The summed E-state index contributed by atoms with van der Waals surface area (Å²) in [7, 11) is 0. The zero-order valence-electron chi connectivity index (χ0n) is 11.7. The Hall–Kier alpha value is -0.940. The normalized spacial score (nSPS) is 26.3. The van der Waals surface area contributed by atoms with E-state index in [-0.39, 0.29) is 11.5 Å². The van der Waals surface area contributed by atoms with Crippen molar-refractivity contribution in [3.63, 3.8) is 0 Å². The van der Waals surface area contributed by atoms with Crippen molar-refractivity contribution in [1.82, 2.24) is 20.1 Å². The molecule has 1 heterocycles. The van der Waals surface area contributed by atoms with E-state index in [4.69, 9.17) is 0 Å². The van der Waals surface area contributed by atoms with Gasteiger partial charge in [-0.25, -0.2) is 9.67 Å². The zero-order valence-corrected chi connectivity index (χ0v) is 11.7. The minimum absolute atomic E-state index is 0.0388. The van der Waals surface area contributed by atoms with Gasteiger partial charge in [-0.1, -0.05) is 27.7 Å². The highest BCUT2D eigenvalue weighted by Gasteiger charge is 2.46. The first-order chi connectivity index (χ1) is 8.41. The number of aliphatic hydroxyl groups is 1. The Bertz CT molecular complexity index is 399. The van der Waals surface area contributed by atoms with Crippen molar-refractivity contribution in [1.29, 1.82) is 0 Å². The van der Waals surface area contributed by atoms with Crippen LogP contribution in [0.3, 0.4) is 0 Å². The average molecular weight is 252 g/mol. The van der Waals surface area contributed by atoms with Crippen molar-refractivity contribution in [3.8, 4) is 0 Å². The summed E-state index contributed by atoms with van der Waals surface area (Å²) in [5.74, 6) is 1.54. The van der Waals surface area contributed by atoms with E-state index in [0.29, 0.717) is 18.5 Å². The van der Waals surface area contributed by atoms with Crippen LogP contribution in [0.25, 0.3) is 0 Å². The van der Waals surface area contributed by atoms with Crippen molar-refractivity contribution in [2.24, 2.45) is 11.3 Å². The molecule has 1 saturated carbocycles. The topological polar surface area (TPSA) is 63.0 Å². The highest BCUT2D eigenvalue weighted by Crippen LogP contribution is 2.40. The second-order valence-electron chi connectivity index (χ2n) is 6.26. The fourth-order valence-electron chi connectivity index (χ4n) is 2.39. The summed E-state index contributed by atoms with van der Waals surface area (Å²) in [6.45, 7) is 10.1. The minimum atomic E-state index is -0.191. The first-order valence-corrected chi connectivity index (χ1v) is 6.69. The van der Waals surface area contributed by atoms with Gasteiger partial charge in [0.25, 0.3) is 0 Å². The number of aliphatic hydroxyl groups excluding tert-OH is 1. The van der Waals surface area contributed by atoms with Crippen LogP contribution in [0.15, 0.2) is 6.33 Å². The number of hydrogen-bond acceptors (Lipinski definition) is 4. The van der Waals surface area contributed by atoms with E-state index >= 15 is 0 Å². The Morgan fingerprint density at radius 1 is 1.56 bits per heavy atom. The van der Waals surface area contributed by atoms with E-state index in [1.54, 1.807) is 6.33 Å². The molecular formula is C13H24N4O. The molecule has 1 aromatic rings. The van der Waals surface area contributed by atoms with Crippen LogP contribution in [-0.4, -0.2) is 32.0 Å². The van der Waals surface area contributed by atoms with Crippen LogP contribution < -0.4 is 5.32 Å². The summed E-state index contributed by atoms with van der Waals surface area (Å²) < 4.78 is 1.96. The van der Waals surface area contributed by atoms with E-state index in [9.17, 15) is 5.11 Å². The summed E-state index contributed by atoms with van der Waals surface area (Å²) in [5, 5.41) is 17.4. The molecule has 0 aliphatic heterocycles. The van der Waals surface area contributed by atoms with Gasteiger partial charge in [0, 0.05) is 18.0 Å². The molecule has 2 N–H and O–H groups in total. The quantitative estimate of drug-likeness (QED) is 0.826. The molecule has 5 heteroatoms. The lowest BCUT2D eigenvalue weighted by Crippen LogP contribution is -2.59. The Morgan fingerprint density at radius 2 is 2.28 bits per heavy atom. The minimum Gasteiger partial charge on any atom is -0.392 e. The predicted molar refractivity (Wildman–Crippen MR) is 69.9 cm³/mol. The smallest absolute Gasteiger partial charge is 0.140 e. The Morgan fingerprint density at radius 3 is 2.83 bits per heavy atom. The lowest BCUT2D eigenvalue weighted by Gasteiger charge is -2.49. The molecule has 1 fully saturated rings. The highest BCUT2D eigenvalue weighted by atomic mass is 16.3. The summed E-state index contributed by atoms with van der Waals surface area (Å²) >= 11 is 0. The van der Waals surface area contributed by atoms with Crippen molar-refractivity contribution in [3.05, 3.63) is 12.2 Å². The first kappa shape index (κ1) is 13.5. The molecule has 2 rings (SSSR count). The number of hydrogen-bond donors (Lipinski definition) is 2. The molecule has 5 nitrogen and oxygen atoms in total. The SMILES string of the molecule is CC(C)Cn1ncnc1CNC1CC(O)C1(C)C. The molecule has 2 atom stereocenters. The van der Waals surface area contributed by atoms with Gasteiger partial charge in [0.1, 0.15) is 12.2 Å². The molecule has 18 heavy (non-hydrogen) atoms. The van der Waals surface area contributed by atoms with E-state index < -0.39 is 0 Å². The van der Waals surface area contributed by atoms with Crippen LogP contribution in [0.5, 0.6) is 0 Å². The molecule has 0 spiro atoms. The van der Waals surface area contributed by atoms with Gasteiger partial charge < -0.3 is 10.4 Å². The number of nitrogens with zero attached hydrogens (tertiary/aromatic N) is 3. The van der Waals surface area contributed by atoms with Crippen molar-refractivity contribution < 1.29 is 5.11 Å². The Labute approximate surface area is 109 Å². The van der Waals surface area contributed by atoms with Crippen molar-refractivity contribution >= 4 is 0 Å². The third kappa shape index (κ3) is 2.57. The van der Waals surface area contributed by atoms with Crippen molar-refractivity contribution in [2.75, 3.05) is 0 Å². The summed E-state index contributed by atoms with van der Waals surface area (Å²) in [4.78, 5) is 4.29. The van der Waals surface area contributed by atoms with Gasteiger partial charge in [0.05, 0.1) is 12.6 Å². The van der Waals surface area contributed by atoms with Gasteiger partial charge in [-0.15, -0.1) is 0 Å². The largest absolute Gasteiger partial charge is 0.392 e. The molecular weight excluding hydrogens is 228 g/mol. The Kier molecular flexibility index (Phi) is 3.73. The molecule has 2 unspecified atom stereocenters. The molecule has 1 aliphatic carbocycles. The monoisotopic (exact) mass is 252 g/mol. The van der Waals surface area contributed by atoms with Gasteiger partial charge in [-0.2, -0.15) is 5.10 Å². The van der Waals surface area contributed by atoms with E-state index in [1.807, 2.05) is 4.68 Å². The standard InChI is InChI=1S/C13H24N4O/c1-9(2)7-17-12(15-8-16-17)6-14-10-5-11(18)13(10,3)4/h8-11,14,18H,5-7H2,1-4H3. The second-order valence-corrected chi connectivity index (χ2v) is 6.26. The van der Waals surface area contributed by atoms with E-state index in [0.717, 1.165) is 18.8 Å². The predicted octanol–water partition coefficient (Wildman–Crippen LogP) is 1.18. The number of aromatic nitrogens is 3. The van der Waals surface area contributed by atoms with Crippen LogP contribution in [0.2, 0.25) is 0 Å². The number of rotatable bonds is 5. The lowest BCUT2D eigenvalue weighted by molar-refractivity contribution is -0.0732. The molecule has 102 valence electrons. The van der Waals surface area contributed by atoms with Crippen LogP contribution in [0.4, 0.5) is 0 Å². The fraction of sp³-hybridized carbons (Fsp3) is 0.846. The van der Waals surface area contributed by atoms with Crippen LogP contribution in [0, 0.1) is 11.3 Å². The number of nitrogens with one attached hydrogen (secondary N) is 1. The highest BCUT2D eigenvalue weighted by molar-refractivity contribution is 5.02. The maximum absolute atomic E-state index is 9.70. The van der Waals surface area contributed by atoms with Gasteiger partial charge in [-0.3, -0.25) is 0 Å². The van der Waals surface area contributed by atoms with E-state index in [2.05, 4.69) is 43.1 Å².